The molecule has 0 fully saturated rings. The SMILES string of the molecule is NC(Cc1c[nH]c2ccccc12)C(=O)NC(Cc1ccccc1)C(=O)NC(CO)C(=O)NC(Cc1c[nH]c2ccccc12)C(=O)O. The van der Waals surface area contributed by atoms with Crippen molar-refractivity contribution < 1.29 is 29.4 Å². The Morgan fingerprint density at radius 3 is 1.72 bits per heavy atom. The van der Waals surface area contributed by atoms with Crippen LogP contribution in [0.25, 0.3) is 21.8 Å². The molecule has 2 aromatic heterocycles. The molecule has 0 spiro atoms. The van der Waals surface area contributed by atoms with Gasteiger partial charge in [0.25, 0.3) is 0 Å². The van der Waals surface area contributed by atoms with Crippen LogP contribution >= 0.6 is 0 Å². The Morgan fingerprint density at radius 1 is 0.630 bits per heavy atom. The molecule has 5 rings (SSSR count). The highest BCUT2D eigenvalue weighted by molar-refractivity contribution is 5.95. The second kappa shape index (κ2) is 14.5. The van der Waals surface area contributed by atoms with Crippen LogP contribution in [0.3, 0.4) is 0 Å². The number of hydrogen-bond donors (Lipinski definition) is 8. The first-order valence-corrected chi connectivity index (χ1v) is 14.9. The van der Waals surface area contributed by atoms with E-state index >= 15 is 0 Å². The number of aliphatic carboxylic acids is 1. The standard InChI is InChI=1S/C34H36N6O6/c35-25(15-21-17-36-26-12-6-4-10-23(21)26)31(42)38-28(14-20-8-2-1-3-9-20)32(43)40-30(19-41)33(44)39-29(34(45)46)16-22-18-37-27-13-7-5-11-24(22)27/h1-13,17-18,25,28-30,36-37,41H,14-16,19,35H2,(H,38,42)(H,39,44)(H,40,43)(H,45,46). The predicted octanol–water partition coefficient (Wildman–Crippen LogP) is 1.54. The zero-order valence-electron chi connectivity index (χ0n) is 24.9. The van der Waals surface area contributed by atoms with Crippen LogP contribution in [-0.4, -0.2) is 74.6 Å². The summed E-state index contributed by atoms with van der Waals surface area (Å²) in [7, 11) is 0. The average Bonchev–Trinajstić information content (AvgIpc) is 3.67. The molecule has 0 aliphatic heterocycles. The van der Waals surface area contributed by atoms with Gasteiger partial charge in [0.15, 0.2) is 0 Å². The monoisotopic (exact) mass is 624 g/mol. The predicted molar refractivity (Wildman–Crippen MR) is 173 cm³/mol. The third kappa shape index (κ3) is 7.60. The van der Waals surface area contributed by atoms with Crippen molar-refractivity contribution in [2.75, 3.05) is 6.61 Å². The lowest BCUT2D eigenvalue weighted by molar-refractivity contribution is -0.142. The van der Waals surface area contributed by atoms with Crippen molar-refractivity contribution in [1.82, 2.24) is 25.9 Å². The minimum absolute atomic E-state index is 0.0296. The molecule has 46 heavy (non-hydrogen) atoms. The number of aliphatic hydroxyl groups is 1. The topological polar surface area (TPSA) is 202 Å². The van der Waals surface area contributed by atoms with E-state index in [1.54, 1.807) is 36.7 Å². The van der Waals surface area contributed by atoms with E-state index in [1.165, 1.54) is 0 Å². The Balaban J connectivity index is 1.26. The van der Waals surface area contributed by atoms with Crippen molar-refractivity contribution in [3.8, 4) is 0 Å². The van der Waals surface area contributed by atoms with E-state index in [0.717, 1.165) is 32.9 Å². The number of carbonyl (C=O) groups excluding carboxylic acids is 3. The van der Waals surface area contributed by atoms with Crippen LogP contribution < -0.4 is 21.7 Å². The molecule has 238 valence electrons. The molecule has 9 N–H and O–H groups in total. The van der Waals surface area contributed by atoms with Crippen LogP contribution in [0.2, 0.25) is 0 Å². The number of carbonyl (C=O) groups is 4. The largest absolute Gasteiger partial charge is 0.480 e. The first-order valence-electron chi connectivity index (χ1n) is 14.9. The third-order valence-electron chi connectivity index (χ3n) is 7.90. The van der Waals surface area contributed by atoms with Gasteiger partial charge < -0.3 is 41.9 Å². The van der Waals surface area contributed by atoms with Crippen LogP contribution in [0.15, 0.2) is 91.3 Å². The number of aromatic amines is 2. The molecule has 4 unspecified atom stereocenters. The number of rotatable bonds is 14. The Labute approximate surface area is 264 Å². The van der Waals surface area contributed by atoms with Gasteiger partial charge in [-0.3, -0.25) is 14.4 Å². The first-order chi connectivity index (χ1) is 22.2. The van der Waals surface area contributed by atoms with Crippen LogP contribution in [-0.2, 0) is 38.4 Å². The van der Waals surface area contributed by atoms with Gasteiger partial charge in [0.1, 0.15) is 18.1 Å². The van der Waals surface area contributed by atoms with Crippen LogP contribution in [0.1, 0.15) is 16.7 Å². The number of nitrogens with one attached hydrogen (secondary N) is 5. The summed E-state index contributed by atoms with van der Waals surface area (Å²) in [4.78, 5) is 58.2. The van der Waals surface area contributed by atoms with Crippen molar-refractivity contribution in [1.29, 1.82) is 0 Å². The van der Waals surface area contributed by atoms with Crippen LogP contribution in [0.4, 0.5) is 0 Å². The van der Waals surface area contributed by atoms with Gasteiger partial charge in [0.05, 0.1) is 12.6 Å². The van der Waals surface area contributed by atoms with Crippen molar-refractivity contribution >= 4 is 45.5 Å². The molecule has 0 radical (unpaired) electrons. The Morgan fingerprint density at radius 2 is 1.13 bits per heavy atom. The maximum absolute atomic E-state index is 13.5. The molecular formula is C34H36N6O6. The number of amides is 3. The Hall–Kier alpha value is -5.46. The van der Waals surface area contributed by atoms with E-state index in [-0.39, 0.29) is 19.3 Å². The molecular weight excluding hydrogens is 588 g/mol. The second-order valence-electron chi connectivity index (χ2n) is 11.1. The normalized spacial score (nSPS) is 13.9. The minimum Gasteiger partial charge on any atom is -0.480 e. The van der Waals surface area contributed by atoms with Crippen molar-refractivity contribution in [2.45, 2.75) is 43.4 Å². The number of nitrogens with two attached hydrogens (primary N) is 1. The number of hydrogen-bond acceptors (Lipinski definition) is 6. The van der Waals surface area contributed by atoms with Crippen molar-refractivity contribution in [3.63, 3.8) is 0 Å². The maximum Gasteiger partial charge on any atom is 0.326 e. The second-order valence-corrected chi connectivity index (χ2v) is 11.1. The molecule has 5 aromatic rings. The fourth-order valence-electron chi connectivity index (χ4n) is 5.43. The highest BCUT2D eigenvalue weighted by atomic mass is 16.4. The fraction of sp³-hybridized carbons (Fsp3) is 0.235. The molecule has 0 aliphatic rings. The summed E-state index contributed by atoms with van der Waals surface area (Å²) in [6.45, 7) is -0.803. The smallest absolute Gasteiger partial charge is 0.326 e. The van der Waals surface area contributed by atoms with Gasteiger partial charge in [-0.1, -0.05) is 66.7 Å². The summed E-state index contributed by atoms with van der Waals surface area (Å²) in [5.41, 5.74) is 10.3. The summed E-state index contributed by atoms with van der Waals surface area (Å²) in [5.74, 6) is -3.48. The van der Waals surface area contributed by atoms with Crippen LogP contribution in [0, 0.1) is 0 Å². The highest BCUT2D eigenvalue weighted by Crippen LogP contribution is 2.20. The number of carboxylic acids is 1. The van der Waals surface area contributed by atoms with E-state index in [2.05, 4.69) is 25.9 Å². The lowest BCUT2D eigenvalue weighted by Crippen LogP contribution is -2.58. The van der Waals surface area contributed by atoms with E-state index in [0.29, 0.717) is 5.56 Å². The number of aromatic nitrogens is 2. The zero-order valence-corrected chi connectivity index (χ0v) is 24.9. The zero-order chi connectivity index (χ0) is 32.6. The summed E-state index contributed by atoms with van der Waals surface area (Å²) in [5, 5.41) is 29.2. The quantitative estimate of drug-likeness (QED) is 0.0915. The molecule has 2 heterocycles. The summed E-state index contributed by atoms with van der Waals surface area (Å²) < 4.78 is 0. The van der Waals surface area contributed by atoms with E-state index < -0.39 is 54.5 Å². The average molecular weight is 625 g/mol. The lowest BCUT2D eigenvalue weighted by Gasteiger charge is -2.24. The molecule has 0 saturated carbocycles. The first kappa shape index (κ1) is 31.9. The molecule has 3 aromatic carbocycles. The Bertz CT molecular complexity index is 1830. The lowest BCUT2D eigenvalue weighted by atomic mass is 10.0. The molecule has 0 aliphatic carbocycles. The molecule has 4 atom stereocenters. The van der Waals surface area contributed by atoms with Gasteiger partial charge in [-0.25, -0.2) is 4.79 Å². The number of aliphatic hydroxyl groups excluding tert-OH is 1. The van der Waals surface area contributed by atoms with Gasteiger partial charge in [-0.15, -0.1) is 0 Å². The molecule has 0 saturated heterocycles. The molecule has 12 nitrogen and oxygen atoms in total. The maximum atomic E-state index is 13.5. The number of fused-ring (bicyclic) bond motifs is 2. The van der Waals surface area contributed by atoms with Gasteiger partial charge in [-0.2, -0.15) is 0 Å². The number of benzene rings is 3. The highest BCUT2D eigenvalue weighted by Gasteiger charge is 2.31. The minimum atomic E-state index is -1.48. The molecule has 12 heteroatoms. The third-order valence-corrected chi connectivity index (χ3v) is 7.90. The van der Waals surface area contributed by atoms with E-state index in [9.17, 15) is 29.4 Å². The van der Waals surface area contributed by atoms with Crippen molar-refractivity contribution in [2.24, 2.45) is 5.73 Å². The van der Waals surface area contributed by atoms with Crippen molar-refractivity contribution in [3.05, 3.63) is 108 Å². The number of H-pyrrole nitrogens is 2. The van der Waals surface area contributed by atoms with Gasteiger partial charge in [0.2, 0.25) is 17.7 Å². The number of carboxylic acid groups (broad SMARTS) is 1. The van der Waals surface area contributed by atoms with Crippen LogP contribution in [0.5, 0.6) is 0 Å². The molecule has 3 amide bonds. The summed E-state index contributed by atoms with van der Waals surface area (Å²) in [6, 6.07) is 19.0. The molecule has 0 bridgehead atoms. The van der Waals surface area contributed by atoms with E-state index in [4.69, 9.17) is 5.73 Å². The fourth-order valence-corrected chi connectivity index (χ4v) is 5.43. The van der Waals surface area contributed by atoms with E-state index in [1.807, 2.05) is 54.6 Å². The Kier molecular flexibility index (Phi) is 10.1. The number of para-hydroxylation sites is 2. The van der Waals surface area contributed by atoms with Gasteiger partial charge in [-0.05, 0) is 35.2 Å². The summed E-state index contributed by atoms with van der Waals surface area (Å²) in [6.07, 6.45) is 3.73. The van der Waals surface area contributed by atoms with Gasteiger partial charge in [0, 0.05) is 47.0 Å². The van der Waals surface area contributed by atoms with Gasteiger partial charge >= 0.3 is 5.97 Å². The summed E-state index contributed by atoms with van der Waals surface area (Å²) >= 11 is 0.